The first kappa shape index (κ1) is 23.8. The summed E-state index contributed by atoms with van der Waals surface area (Å²) >= 11 is 12.3. The number of nitrogens with one attached hydrogen (secondary N) is 1. The van der Waals surface area contributed by atoms with E-state index in [2.05, 4.69) is 5.32 Å². The predicted octanol–water partition coefficient (Wildman–Crippen LogP) is 5.01. The van der Waals surface area contributed by atoms with E-state index >= 15 is 0 Å². The van der Waals surface area contributed by atoms with Crippen molar-refractivity contribution in [2.45, 2.75) is 18.5 Å². The highest BCUT2D eigenvalue weighted by atomic mass is 35.5. The Morgan fingerprint density at radius 1 is 0.971 bits per heavy atom. The summed E-state index contributed by atoms with van der Waals surface area (Å²) in [7, 11) is 1.67. The molecule has 0 radical (unpaired) electrons. The Hall–Kier alpha value is -3.35. The Bertz CT molecular complexity index is 1200. The van der Waals surface area contributed by atoms with Crippen LogP contribution in [0.4, 0.5) is 4.79 Å². The van der Waals surface area contributed by atoms with Crippen LogP contribution < -0.4 is 5.32 Å². The van der Waals surface area contributed by atoms with Gasteiger partial charge in [-0.25, -0.2) is 4.79 Å². The lowest BCUT2D eigenvalue weighted by molar-refractivity contribution is -0.139. The molecule has 1 heterocycles. The number of rotatable bonds is 6. The molecule has 8 heteroatoms. The van der Waals surface area contributed by atoms with E-state index in [0.717, 1.165) is 16.0 Å². The maximum absolute atomic E-state index is 13.3. The van der Waals surface area contributed by atoms with E-state index in [9.17, 15) is 14.4 Å². The maximum Gasteiger partial charge on any atom is 0.325 e. The zero-order valence-electron chi connectivity index (χ0n) is 18.7. The second-order valence-electron chi connectivity index (χ2n) is 8.30. The highest BCUT2D eigenvalue weighted by Gasteiger charge is 2.50. The van der Waals surface area contributed by atoms with Gasteiger partial charge < -0.3 is 10.2 Å². The molecule has 4 amide bonds. The number of hydrogen-bond acceptors (Lipinski definition) is 3. The van der Waals surface area contributed by atoms with Gasteiger partial charge in [-0.15, -0.1) is 0 Å². The van der Waals surface area contributed by atoms with Crippen LogP contribution in [0.1, 0.15) is 29.7 Å². The SMILES string of the molecule is CN(C(=O)CN1C(=O)N[C@](C)(c2ccc(Cl)cc2Cl)C1=O)C(c1ccccc1)c1ccccc1. The number of benzene rings is 3. The van der Waals surface area contributed by atoms with Crippen LogP contribution in [0, 0.1) is 0 Å². The molecule has 1 fully saturated rings. The summed E-state index contributed by atoms with van der Waals surface area (Å²) in [5, 5.41) is 3.35. The standard InChI is InChI=1S/C26H23Cl2N3O3/c1-26(20-14-13-19(27)15-21(20)28)24(33)31(25(34)29-26)16-22(32)30(2)23(17-9-5-3-6-10-17)18-11-7-4-8-12-18/h3-15,23H,16H2,1-2H3,(H,29,34)/t26-/m1/s1. The average molecular weight is 496 g/mol. The molecule has 0 spiro atoms. The zero-order chi connectivity index (χ0) is 24.5. The van der Waals surface area contributed by atoms with Crippen molar-refractivity contribution < 1.29 is 14.4 Å². The van der Waals surface area contributed by atoms with Crippen molar-refractivity contribution in [1.29, 1.82) is 0 Å². The van der Waals surface area contributed by atoms with Crippen LogP contribution in [0.15, 0.2) is 78.9 Å². The summed E-state index contributed by atoms with van der Waals surface area (Å²) < 4.78 is 0. The minimum absolute atomic E-state index is 0.252. The molecule has 1 atom stereocenters. The lowest BCUT2D eigenvalue weighted by Gasteiger charge is -2.30. The molecule has 174 valence electrons. The molecule has 0 aliphatic carbocycles. The summed E-state index contributed by atoms with van der Waals surface area (Å²) in [5.74, 6) is -0.938. The van der Waals surface area contributed by atoms with Crippen LogP contribution in [0.25, 0.3) is 0 Å². The molecule has 3 aromatic rings. The van der Waals surface area contributed by atoms with Gasteiger partial charge in [0.15, 0.2) is 0 Å². The lowest BCUT2D eigenvalue weighted by atomic mass is 9.92. The highest BCUT2D eigenvalue weighted by Crippen LogP contribution is 2.35. The first-order chi connectivity index (χ1) is 16.2. The number of halogens is 2. The van der Waals surface area contributed by atoms with Gasteiger partial charge in [-0.05, 0) is 30.2 Å². The summed E-state index contributed by atoms with van der Waals surface area (Å²) in [6.45, 7) is 1.16. The van der Waals surface area contributed by atoms with Gasteiger partial charge in [0.2, 0.25) is 5.91 Å². The second kappa shape index (κ2) is 9.49. The predicted molar refractivity (Wildman–Crippen MR) is 132 cm³/mol. The minimum Gasteiger partial charge on any atom is -0.333 e. The normalized spacial score (nSPS) is 17.7. The van der Waals surface area contributed by atoms with E-state index in [4.69, 9.17) is 23.2 Å². The van der Waals surface area contributed by atoms with Gasteiger partial charge in [0.05, 0.1) is 6.04 Å². The third-order valence-electron chi connectivity index (χ3n) is 6.05. The van der Waals surface area contributed by atoms with Crippen molar-refractivity contribution in [3.8, 4) is 0 Å². The smallest absolute Gasteiger partial charge is 0.325 e. The van der Waals surface area contributed by atoms with Crippen LogP contribution in [-0.4, -0.2) is 41.2 Å². The molecule has 0 saturated carbocycles. The number of carbonyl (C=O) groups excluding carboxylic acids is 3. The second-order valence-corrected chi connectivity index (χ2v) is 9.14. The average Bonchev–Trinajstić information content (AvgIpc) is 3.04. The number of hydrogen-bond donors (Lipinski definition) is 1. The molecule has 6 nitrogen and oxygen atoms in total. The summed E-state index contributed by atoms with van der Waals surface area (Å²) in [6.07, 6.45) is 0. The van der Waals surface area contributed by atoms with Gasteiger partial charge in [-0.1, -0.05) is 89.9 Å². The molecule has 34 heavy (non-hydrogen) atoms. The molecule has 0 aromatic heterocycles. The first-order valence-corrected chi connectivity index (χ1v) is 11.4. The van der Waals surface area contributed by atoms with Gasteiger partial charge in [-0.3, -0.25) is 14.5 Å². The van der Waals surface area contributed by atoms with Gasteiger partial charge in [0, 0.05) is 22.7 Å². The van der Waals surface area contributed by atoms with E-state index in [0.29, 0.717) is 10.6 Å². The fourth-order valence-corrected chi connectivity index (χ4v) is 4.82. The Morgan fingerprint density at radius 2 is 1.53 bits per heavy atom. The van der Waals surface area contributed by atoms with Crippen molar-refractivity contribution in [3.63, 3.8) is 0 Å². The molecule has 1 saturated heterocycles. The van der Waals surface area contributed by atoms with Crippen LogP contribution in [0.5, 0.6) is 0 Å². The molecular weight excluding hydrogens is 473 g/mol. The number of nitrogens with zero attached hydrogens (tertiary/aromatic N) is 2. The number of carbonyl (C=O) groups is 3. The van der Waals surface area contributed by atoms with E-state index < -0.39 is 24.0 Å². The van der Waals surface area contributed by atoms with E-state index in [1.54, 1.807) is 31.0 Å². The molecule has 0 unspecified atom stereocenters. The third-order valence-corrected chi connectivity index (χ3v) is 6.60. The van der Waals surface area contributed by atoms with Crippen LogP contribution in [0.2, 0.25) is 10.0 Å². The summed E-state index contributed by atoms with van der Waals surface area (Å²) in [6, 6.07) is 22.9. The summed E-state index contributed by atoms with van der Waals surface area (Å²) in [4.78, 5) is 41.9. The number of likely N-dealkylation sites (N-methyl/N-ethyl adjacent to an activating group) is 1. The van der Waals surface area contributed by atoms with Gasteiger partial charge in [0.1, 0.15) is 12.1 Å². The summed E-state index contributed by atoms with van der Waals surface area (Å²) in [5.41, 5.74) is 0.835. The zero-order valence-corrected chi connectivity index (χ0v) is 20.2. The topological polar surface area (TPSA) is 69.7 Å². The van der Waals surface area contributed by atoms with Crippen LogP contribution >= 0.6 is 23.2 Å². The fraction of sp³-hybridized carbons (Fsp3) is 0.192. The van der Waals surface area contributed by atoms with Crippen molar-refractivity contribution in [1.82, 2.24) is 15.1 Å². The Balaban J connectivity index is 1.60. The Labute approximate surface area is 208 Å². The van der Waals surface area contributed by atoms with Crippen LogP contribution in [0.3, 0.4) is 0 Å². The van der Waals surface area contributed by atoms with Crippen molar-refractivity contribution in [3.05, 3.63) is 106 Å². The lowest BCUT2D eigenvalue weighted by Crippen LogP contribution is -2.44. The molecule has 3 aromatic carbocycles. The first-order valence-electron chi connectivity index (χ1n) is 10.7. The maximum atomic E-state index is 13.3. The van der Waals surface area contributed by atoms with Crippen molar-refractivity contribution in [2.75, 3.05) is 13.6 Å². The van der Waals surface area contributed by atoms with E-state index in [1.807, 2.05) is 60.7 Å². The third kappa shape index (κ3) is 4.39. The Morgan fingerprint density at radius 3 is 2.06 bits per heavy atom. The molecule has 4 rings (SSSR count). The highest BCUT2D eigenvalue weighted by molar-refractivity contribution is 6.35. The number of urea groups is 1. The minimum atomic E-state index is -1.41. The van der Waals surface area contributed by atoms with E-state index in [-0.39, 0.29) is 17.0 Å². The van der Waals surface area contributed by atoms with Gasteiger partial charge >= 0.3 is 6.03 Å². The number of imide groups is 1. The molecule has 1 aliphatic rings. The molecule has 0 bridgehead atoms. The van der Waals surface area contributed by atoms with Crippen molar-refractivity contribution >= 4 is 41.0 Å². The Kier molecular flexibility index (Phi) is 6.64. The largest absolute Gasteiger partial charge is 0.333 e. The monoisotopic (exact) mass is 495 g/mol. The molecule has 1 N–H and O–H groups in total. The quantitative estimate of drug-likeness (QED) is 0.488. The number of amides is 4. The van der Waals surface area contributed by atoms with Gasteiger partial charge in [0.25, 0.3) is 5.91 Å². The van der Waals surface area contributed by atoms with Crippen LogP contribution in [-0.2, 0) is 15.1 Å². The molecule has 1 aliphatic heterocycles. The van der Waals surface area contributed by atoms with Crippen molar-refractivity contribution in [2.24, 2.45) is 0 Å². The van der Waals surface area contributed by atoms with E-state index in [1.165, 1.54) is 6.07 Å². The molecular formula is C26H23Cl2N3O3. The van der Waals surface area contributed by atoms with Gasteiger partial charge in [-0.2, -0.15) is 0 Å². The fourth-order valence-electron chi connectivity index (χ4n) is 4.22.